The molecule has 0 aliphatic carbocycles. The summed E-state index contributed by atoms with van der Waals surface area (Å²) in [6, 6.07) is -0.951. The number of rotatable bonds is 4. The highest BCUT2D eigenvalue weighted by Gasteiger charge is 2.20. The lowest BCUT2D eigenvalue weighted by atomic mass is 10.2. The maximum atomic E-state index is 11.0. The monoisotopic (exact) mass is 205 g/mol. The lowest BCUT2D eigenvalue weighted by Crippen LogP contribution is -2.46. The largest absolute Gasteiger partial charge is 0.370 e. The molecule has 0 saturated heterocycles. The molecule has 0 bridgehead atoms. The molecule has 0 rings (SSSR count). The molecule has 0 aromatic heterocycles. The lowest BCUT2D eigenvalue weighted by molar-refractivity contribution is -0.126. The van der Waals surface area contributed by atoms with Crippen molar-refractivity contribution < 1.29 is 14.4 Å². The van der Waals surface area contributed by atoms with E-state index in [2.05, 4.69) is 23.3 Å². The molecular weight excluding hydrogens is 194 g/mol. The van der Waals surface area contributed by atoms with Gasteiger partial charge in [-0.15, -0.1) is 0 Å². The molecule has 0 aromatic carbocycles. The van der Waals surface area contributed by atoms with Crippen LogP contribution in [-0.2, 0) is 9.59 Å². The number of thiol groups is 1. The van der Waals surface area contributed by atoms with E-state index in [1.54, 1.807) is 0 Å². The molecule has 0 aliphatic rings. The van der Waals surface area contributed by atoms with Crippen LogP contribution < -0.4 is 16.4 Å². The number of carbonyl (C=O) groups is 3. The molecule has 0 radical (unpaired) electrons. The van der Waals surface area contributed by atoms with E-state index in [9.17, 15) is 14.4 Å². The van der Waals surface area contributed by atoms with Crippen LogP contribution in [0.1, 0.15) is 6.42 Å². The summed E-state index contributed by atoms with van der Waals surface area (Å²) in [7, 11) is 1.39. The fourth-order valence-corrected chi connectivity index (χ4v) is 0.890. The van der Waals surface area contributed by atoms with Gasteiger partial charge in [0, 0.05) is 7.05 Å². The quantitative estimate of drug-likeness (QED) is 0.425. The summed E-state index contributed by atoms with van der Waals surface area (Å²) in [5.41, 5.74) is 4.87. The summed E-state index contributed by atoms with van der Waals surface area (Å²) in [5.74, 6) is -1.16. The third kappa shape index (κ3) is 5.07. The number of nitrogens with one attached hydrogen (secondary N) is 2. The average molecular weight is 205 g/mol. The minimum atomic E-state index is -0.951. The zero-order valence-electron chi connectivity index (χ0n) is 7.03. The first-order chi connectivity index (χ1) is 5.97. The van der Waals surface area contributed by atoms with Gasteiger partial charge in [0.1, 0.15) is 6.04 Å². The Kier molecular flexibility index (Phi) is 4.90. The summed E-state index contributed by atoms with van der Waals surface area (Å²) >= 11 is 3.41. The second-order valence-electron chi connectivity index (χ2n) is 2.29. The minimum absolute atomic E-state index is 0.244. The highest BCUT2D eigenvalue weighted by Crippen LogP contribution is 1.93. The maximum Gasteiger partial charge on any atom is 0.276 e. The summed E-state index contributed by atoms with van der Waals surface area (Å²) in [6.45, 7) is 0. The number of likely N-dealkylation sites (N-methyl/N-ethyl adjacent to an activating group) is 1. The van der Waals surface area contributed by atoms with Crippen LogP contribution in [0.3, 0.4) is 0 Å². The Hall–Kier alpha value is -1.24. The van der Waals surface area contributed by atoms with Crippen molar-refractivity contribution in [1.82, 2.24) is 10.6 Å². The van der Waals surface area contributed by atoms with E-state index in [4.69, 9.17) is 5.73 Å². The van der Waals surface area contributed by atoms with E-state index in [1.165, 1.54) is 7.05 Å². The summed E-state index contributed by atoms with van der Waals surface area (Å²) in [4.78, 5) is 32.0. The highest BCUT2D eigenvalue weighted by atomic mass is 32.1. The topological polar surface area (TPSA) is 101 Å². The number of hydrogen-bond donors (Lipinski definition) is 4. The first-order valence-electron chi connectivity index (χ1n) is 3.46. The van der Waals surface area contributed by atoms with Gasteiger partial charge in [0.2, 0.25) is 11.8 Å². The van der Waals surface area contributed by atoms with Crippen LogP contribution in [0.4, 0.5) is 4.79 Å². The zero-order valence-corrected chi connectivity index (χ0v) is 7.93. The third-order valence-electron chi connectivity index (χ3n) is 1.27. The smallest absolute Gasteiger partial charge is 0.276 e. The molecule has 1 atom stereocenters. The summed E-state index contributed by atoms with van der Waals surface area (Å²) in [6.07, 6.45) is -0.244. The zero-order chi connectivity index (χ0) is 10.4. The van der Waals surface area contributed by atoms with Crippen LogP contribution in [0.25, 0.3) is 0 Å². The molecule has 6 nitrogen and oxygen atoms in total. The van der Waals surface area contributed by atoms with Crippen molar-refractivity contribution in [1.29, 1.82) is 0 Å². The Labute approximate surface area is 80.6 Å². The van der Waals surface area contributed by atoms with Gasteiger partial charge in [-0.1, -0.05) is 12.6 Å². The van der Waals surface area contributed by atoms with Crippen molar-refractivity contribution >= 4 is 29.7 Å². The molecule has 1 unspecified atom stereocenters. The summed E-state index contributed by atoms with van der Waals surface area (Å²) < 4.78 is 0. The molecule has 0 fully saturated rings. The molecule has 74 valence electrons. The number of hydrogen-bond acceptors (Lipinski definition) is 3. The van der Waals surface area contributed by atoms with Gasteiger partial charge in [0.15, 0.2) is 0 Å². The van der Waals surface area contributed by atoms with Crippen LogP contribution in [0, 0.1) is 0 Å². The molecule has 0 heterocycles. The standard InChI is InChI=1S/C6H11N3O3S/c1-8-5(11)3(2-4(7)10)9-6(12)13/h3H,2H2,1H3,(H2,7,10)(H,8,11)(H2,9,12,13). The second kappa shape index (κ2) is 5.41. The van der Waals surface area contributed by atoms with E-state index >= 15 is 0 Å². The molecule has 7 heteroatoms. The Morgan fingerprint density at radius 2 is 2.00 bits per heavy atom. The number of nitrogens with two attached hydrogens (primary N) is 1. The molecule has 0 spiro atoms. The Bertz CT molecular complexity index is 215. The summed E-state index contributed by atoms with van der Waals surface area (Å²) in [5, 5.41) is 3.77. The normalized spacial score (nSPS) is 11.5. The van der Waals surface area contributed by atoms with Gasteiger partial charge in [-0.2, -0.15) is 0 Å². The fraction of sp³-hybridized carbons (Fsp3) is 0.500. The van der Waals surface area contributed by atoms with Crippen LogP contribution in [0.15, 0.2) is 0 Å². The van der Waals surface area contributed by atoms with Crippen LogP contribution in [-0.4, -0.2) is 30.1 Å². The van der Waals surface area contributed by atoms with Crippen molar-refractivity contribution in [2.45, 2.75) is 12.5 Å². The molecule has 4 N–H and O–H groups in total. The molecule has 3 amide bonds. The van der Waals surface area contributed by atoms with E-state index in [1.807, 2.05) is 0 Å². The van der Waals surface area contributed by atoms with Crippen LogP contribution >= 0.6 is 12.6 Å². The van der Waals surface area contributed by atoms with Crippen molar-refractivity contribution in [2.75, 3.05) is 7.05 Å². The molecular formula is C6H11N3O3S. The van der Waals surface area contributed by atoms with Gasteiger partial charge >= 0.3 is 0 Å². The Morgan fingerprint density at radius 1 is 1.46 bits per heavy atom. The number of carbonyl (C=O) groups excluding carboxylic acids is 3. The van der Waals surface area contributed by atoms with E-state index in [0.717, 1.165) is 0 Å². The number of amides is 3. The predicted molar refractivity (Wildman–Crippen MR) is 49.2 cm³/mol. The van der Waals surface area contributed by atoms with Crippen molar-refractivity contribution in [3.8, 4) is 0 Å². The first kappa shape index (κ1) is 11.8. The SMILES string of the molecule is CNC(=O)C(CC(N)=O)NC(=O)S. The van der Waals surface area contributed by atoms with Crippen molar-refractivity contribution in [3.05, 3.63) is 0 Å². The Balaban J connectivity index is 4.26. The molecule has 0 aromatic rings. The van der Waals surface area contributed by atoms with E-state index in [-0.39, 0.29) is 6.42 Å². The predicted octanol–water partition coefficient (Wildman–Crippen LogP) is -1.38. The van der Waals surface area contributed by atoms with E-state index in [0.29, 0.717) is 0 Å². The van der Waals surface area contributed by atoms with Gasteiger partial charge in [0.05, 0.1) is 6.42 Å². The molecule has 0 saturated carbocycles. The second-order valence-corrected chi connectivity index (χ2v) is 2.69. The van der Waals surface area contributed by atoms with Crippen LogP contribution in [0.5, 0.6) is 0 Å². The molecule has 13 heavy (non-hydrogen) atoms. The van der Waals surface area contributed by atoms with Gasteiger partial charge < -0.3 is 16.4 Å². The minimum Gasteiger partial charge on any atom is -0.370 e. The van der Waals surface area contributed by atoms with Crippen molar-refractivity contribution in [3.63, 3.8) is 0 Å². The van der Waals surface area contributed by atoms with E-state index < -0.39 is 23.1 Å². The fourth-order valence-electron chi connectivity index (χ4n) is 0.734. The number of primary amides is 1. The van der Waals surface area contributed by atoms with Gasteiger partial charge in [-0.25, -0.2) is 0 Å². The maximum absolute atomic E-state index is 11.0. The first-order valence-corrected chi connectivity index (χ1v) is 3.91. The highest BCUT2D eigenvalue weighted by molar-refractivity contribution is 7.96. The van der Waals surface area contributed by atoms with Crippen molar-refractivity contribution in [2.24, 2.45) is 5.73 Å². The lowest BCUT2D eigenvalue weighted by Gasteiger charge is -2.13. The van der Waals surface area contributed by atoms with Gasteiger partial charge in [0.25, 0.3) is 5.24 Å². The molecule has 0 aliphatic heterocycles. The van der Waals surface area contributed by atoms with Gasteiger partial charge in [-0.3, -0.25) is 14.4 Å². The van der Waals surface area contributed by atoms with Gasteiger partial charge in [-0.05, 0) is 0 Å². The third-order valence-corrected chi connectivity index (χ3v) is 1.40. The Morgan fingerprint density at radius 3 is 2.31 bits per heavy atom. The van der Waals surface area contributed by atoms with Crippen LogP contribution in [0.2, 0.25) is 0 Å². The average Bonchev–Trinajstić information content (AvgIpc) is 2.00.